The molecular formula is C56H36S. The van der Waals surface area contributed by atoms with E-state index in [-0.39, 0.29) is 0 Å². The number of aryl methyl sites for hydroxylation is 2. The van der Waals surface area contributed by atoms with Gasteiger partial charge in [0.15, 0.2) is 0 Å². The highest BCUT2D eigenvalue weighted by molar-refractivity contribution is 7.22. The summed E-state index contributed by atoms with van der Waals surface area (Å²) in [6, 6.07) is 40.9. The fourth-order valence-electron chi connectivity index (χ4n) is 8.77. The van der Waals surface area contributed by atoms with Crippen LogP contribution in [0.15, 0.2) is 109 Å². The maximum absolute atomic E-state index is 3.53. The molecule has 0 saturated heterocycles. The first-order valence-electron chi connectivity index (χ1n) is 19.3. The lowest BCUT2D eigenvalue weighted by Crippen LogP contribution is -1.93. The normalized spacial score (nSPS) is 11.1. The van der Waals surface area contributed by atoms with E-state index in [1.54, 1.807) is 0 Å². The smallest absolute Gasteiger partial charge is 0.0403 e. The van der Waals surface area contributed by atoms with Gasteiger partial charge >= 0.3 is 0 Å². The summed E-state index contributed by atoms with van der Waals surface area (Å²) in [4.78, 5) is 1.23. The third kappa shape index (κ3) is 5.44. The number of fused-ring (bicyclic) bond motifs is 8. The molecule has 0 aliphatic rings. The van der Waals surface area contributed by atoms with E-state index >= 15 is 0 Å². The van der Waals surface area contributed by atoms with E-state index in [2.05, 4.69) is 170 Å². The molecule has 0 bridgehead atoms. The topological polar surface area (TPSA) is 0 Å². The second-order valence-corrected chi connectivity index (χ2v) is 16.0. The minimum atomic E-state index is 1.06. The summed E-state index contributed by atoms with van der Waals surface area (Å²) in [6.07, 6.45) is 0. The van der Waals surface area contributed by atoms with E-state index in [0.717, 1.165) is 65.3 Å². The van der Waals surface area contributed by atoms with E-state index in [0.29, 0.717) is 0 Å². The Morgan fingerprint density at radius 2 is 0.719 bits per heavy atom. The molecule has 0 spiro atoms. The molecule has 1 heterocycles. The van der Waals surface area contributed by atoms with Crippen LogP contribution in [0.2, 0.25) is 0 Å². The van der Waals surface area contributed by atoms with Crippen molar-refractivity contribution >= 4 is 96.8 Å². The molecule has 0 fully saturated rings. The Labute approximate surface area is 337 Å². The summed E-state index contributed by atoms with van der Waals surface area (Å²) in [5.41, 5.74) is 8.02. The number of hydrogen-bond acceptors (Lipinski definition) is 1. The van der Waals surface area contributed by atoms with E-state index in [1.807, 2.05) is 39.0 Å². The van der Waals surface area contributed by atoms with Gasteiger partial charge in [-0.05, 0) is 194 Å². The molecule has 0 amide bonds. The van der Waals surface area contributed by atoms with Crippen LogP contribution in [0.1, 0.15) is 61.1 Å². The fourth-order valence-corrected chi connectivity index (χ4v) is 9.85. The molecule has 0 nitrogen and oxygen atoms in total. The molecule has 0 atom stereocenters. The molecule has 0 aliphatic heterocycles. The van der Waals surface area contributed by atoms with Gasteiger partial charge < -0.3 is 0 Å². The number of rotatable bonds is 1. The van der Waals surface area contributed by atoms with E-state index in [4.69, 9.17) is 0 Å². The van der Waals surface area contributed by atoms with Crippen molar-refractivity contribution in [1.82, 2.24) is 0 Å². The number of thiophene rings is 1. The SMILES string of the molecule is CC#Cc1c2cc3ccc(-c4cc5cc6c(C#CC)c7cc8ccccc8cc7c(C#CC)c6cc5s4)cc3cc2c(C#CC)c2cc3cc(C)c(C)cc3cc12. The highest BCUT2D eigenvalue weighted by Crippen LogP contribution is 2.43. The lowest BCUT2D eigenvalue weighted by atomic mass is 9.88. The Bertz CT molecular complexity index is 3590. The van der Waals surface area contributed by atoms with Crippen molar-refractivity contribution in [3.63, 3.8) is 0 Å². The molecule has 0 N–H and O–H groups in total. The van der Waals surface area contributed by atoms with Crippen molar-refractivity contribution in [3.8, 4) is 57.8 Å². The van der Waals surface area contributed by atoms with Gasteiger partial charge in [-0.15, -0.1) is 35.0 Å². The Hall–Kier alpha value is -7.00. The van der Waals surface area contributed by atoms with Gasteiger partial charge in [-0.3, -0.25) is 0 Å². The van der Waals surface area contributed by atoms with Crippen LogP contribution < -0.4 is 0 Å². The lowest BCUT2D eigenvalue weighted by Gasteiger charge is -2.15. The van der Waals surface area contributed by atoms with Crippen LogP contribution in [0, 0.1) is 61.2 Å². The third-order valence-corrected chi connectivity index (χ3v) is 12.7. The first-order chi connectivity index (χ1) is 27.9. The summed E-state index contributed by atoms with van der Waals surface area (Å²) >= 11 is 1.83. The summed E-state index contributed by atoms with van der Waals surface area (Å²) in [5.74, 6) is 27.0. The number of benzene rings is 9. The largest absolute Gasteiger partial charge is 0.135 e. The fraction of sp³-hybridized carbons (Fsp3) is 0.107. The second kappa shape index (κ2) is 13.3. The number of hydrogen-bond donors (Lipinski definition) is 0. The first-order valence-corrected chi connectivity index (χ1v) is 20.1. The Morgan fingerprint density at radius 1 is 0.351 bits per heavy atom. The maximum Gasteiger partial charge on any atom is 0.0403 e. The van der Waals surface area contributed by atoms with Crippen molar-refractivity contribution in [3.05, 3.63) is 143 Å². The molecule has 266 valence electrons. The Kier molecular flexibility index (Phi) is 8.07. The quantitative estimate of drug-likeness (QED) is 0.116. The van der Waals surface area contributed by atoms with Crippen LogP contribution in [-0.2, 0) is 0 Å². The molecule has 0 unspecified atom stereocenters. The minimum Gasteiger partial charge on any atom is -0.135 e. The zero-order valence-corrected chi connectivity index (χ0v) is 33.6. The molecule has 9 aromatic carbocycles. The summed E-state index contributed by atoms with van der Waals surface area (Å²) in [7, 11) is 0. The molecular weight excluding hydrogens is 705 g/mol. The summed E-state index contributed by atoms with van der Waals surface area (Å²) in [5, 5.41) is 17.6. The van der Waals surface area contributed by atoms with Gasteiger partial charge in [-0.1, -0.05) is 72.2 Å². The van der Waals surface area contributed by atoms with Crippen molar-refractivity contribution in [1.29, 1.82) is 0 Å². The van der Waals surface area contributed by atoms with Gasteiger partial charge in [0.25, 0.3) is 0 Å². The lowest BCUT2D eigenvalue weighted by molar-refractivity contribution is 1.37. The molecule has 0 aliphatic carbocycles. The van der Waals surface area contributed by atoms with E-state index in [1.165, 1.54) is 64.0 Å². The van der Waals surface area contributed by atoms with Gasteiger partial charge in [0.05, 0.1) is 0 Å². The van der Waals surface area contributed by atoms with Gasteiger partial charge in [0, 0.05) is 37.2 Å². The zero-order chi connectivity index (χ0) is 38.9. The van der Waals surface area contributed by atoms with E-state index in [9.17, 15) is 0 Å². The van der Waals surface area contributed by atoms with Gasteiger partial charge in [-0.25, -0.2) is 0 Å². The Morgan fingerprint density at radius 3 is 1.16 bits per heavy atom. The molecule has 10 rings (SSSR count). The molecule has 0 radical (unpaired) electrons. The van der Waals surface area contributed by atoms with Crippen molar-refractivity contribution < 1.29 is 0 Å². The van der Waals surface area contributed by atoms with Crippen LogP contribution in [0.4, 0.5) is 0 Å². The van der Waals surface area contributed by atoms with Crippen LogP contribution in [0.3, 0.4) is 0 Å². The van der Waals surface area contributed by atoms with Gasteiger partial charge in [0.2, 0.25) is 0 Å². The summed E-state index contributed by atoms with van der Waals surface area (Å²) in [6.45, 7) is 12.1. The zero-order valence-electron chi connectivity index (χ0n) is 32.8. The van der Waals surface area contributed by atoms with Crippen LogP contribution >= 0.6 is 11.3 Å². The third-order valence-electron chi connectivity index (χ3n) is 11.5. The standard InChI is InChI=1S/C56H36S/c1-7-13-43-49-26-37-19-20-38(23-41(37)29-52(49)45(15-9-3)51-28-40-22-34(6)33(5)21-39(40)27-50(43)51)55-31-42-30-53-44(14-8-2)47-24-35-17-11-12-18-36(35)25-48(47)46(16-10-4)54(53)32-56(42)57-55/h11-12,17-32H,1-6H3. The van der Waals surface area contributed by atoms with Crippen LogP contribution in [-0.4, -0.2) is 0 Å². The first kappa shape index (κ1) is 34.5. The maximum atomic E-state index is 3.53. The predicted molar refractivity (Wildman–Crippen MR) is 249 cm³/mol. The highest BCUT2D eigenvalue weighted by Gasteiger charge is 2.18. The second-order valence-electron chi connectivity index (χ2n) is 14.9. The van der Waals surface area contributed by atoms with Gasteiger partial charge in [-0.2, -0.15) is 0 Å². The van der Waals surface area contributed by atoms with Crippen molar-refractivity contribution in [2.45, 2.75) is 41.5 Å². The molecule has 57 heavy (non-hydrogen) atoms. The monoisotopic (exact) mass is 740 g/mol. The highest BCUT2D eigenvalue weighted by atomic mass is 32.1. The van der Waals surface area contributed by atoms with Gasteiger partial charge in [0.1, 0.15) is 0 Å². The average Bonchev–Trinajstić information content (AvgIpc) is 3.64. The minimum absolute atomic E-state index is 1.06. The molecule has 1 aromatic heterocycles. The molecule has 0 saturated carbocycles. The van der Waals surface area contributed by atoms with Crippen LogP contribution in [0.25, 0.3) is 95.9 Å². The predicted octanol–water partition coefficient (Wildman–Crippen LogP) is 14.7. The molecule has 1 heteroatoms. The average molecular weight is 741 g/mol. The van der Waals surface area contributed by atoms with Crippen LogP contribution in [0.5, 0.6) is 0 Å². The van der Waals surface area contributed by atoms with E-state index < -0.39 is 0 Å². The molecule has 10 aromatic rings. The van der Waals surface area contributed by atoms with Crippen molar-refractivity contribution in [2.75, 3.05) is 0 Å². The van der Waals surface area contributed by atoms with Crippen molar-refractivity contribution in [2.24, 2.45) is 0 Å². The summed E-state index contributed by atoms with van der Waals surface area (Å²) < 4.78 is 1.23. The Balaban J connectivity index is 1.20.